The molecule has 0 spiro atoms. The maximum absolute atomic E-state index is 12.2. The SMILES string of the molecule is C=CCN(CCO)C(=O)NC(C)c1cc(C)ccc1OC. The van der Waals surface area contributed by atoms with E-state index in [1.165, 1.54) is 4.90 Å². The zero-order valence-corrected chi connectivity index (χ0v) is 12.9. The number of rotatable bonds is 7. The van der Waals surface area contributed by atoms with Gasteiger partial charge in [-0.3, -0.25) is 0 Å². The molecule has 0 bridgehead atoms. The van der Waals surface area contributed by atoms with Crippen molar-refractivity contribution in [2.75, 3.05) is 26.8 Å². The summed E-state index contributed by atoms with van der Waals surface area (Å²) >= 11 is 0. The third kappa shape index (κ3) is 4.79. The number of urea groups is 1. The van der Waals surface area contributed by atoms with Crippen molar-refractivity contribution >= 4 is 6.03 Å². The summed E-state index contributed by atoms with van der Waals surface area (Å²) in [6.45, 7) is 8.10. The Labute approximate surface area is 126 Å². The molecular formula is C16H24N2O3. The number of carbonyl (C=O) groups excluding carboxylic acids is 1. The van der Waals surface area contributed by atoms with Crippen molar-refractivity contribution in [3.8, 4) is 5.75 Å². The standard InChI is InChI=1S/C16H24N2O3/c1-5-8-18(9-10-19)16(20)17-13(3)14-11-12(2)6-7-15(14)21-4/h5-7,11,13,19H,1,8-10H2,2-4H3,(H,17,20). The van der Waals surface area contributed by atoms with Crippen LogP contribution in [0, 0.1) is 6.92 Å². The summed E-state index contributed by atoms with van der Waals surface area (Å²) < 4.78 is 5.34. The van der Waals surface area contributed by atoms with E-state index in [1.54, 1.807) is 13.2 Å². The Bertz CT molecular complexity index is 488. The van der Waals surface area contributed by atoms with Crippen molar-refractivity contribution in [1.82, 2.24) is 10.2 Å². The number of hydrogen-bond donors (Lipinski definition) is 2. The van der Waals surface area contributed by atoms with Gasteiger partial charge in [-0.1, -0.05) is 23.8 Å². The molecule has 1 atom stereocenters. The lowest BCUT2D eigenvalue weighted by Gasteiger charge is -2.24. The average molecular weight is 292 g/mol. The van der Waals surface area contributed by atoms with Crippen LogP contribution >= 0.6 is 0 Å². The highest BCUT2D eigenvalue weighted by atomic mass is 16.5. The van der Waals surface area contributed by atoms with E-state index in [0.29, 0.717) is 6.54 Å². The Kier molecular flexibility index (Phi) is 6.75. The monoisotopic (exact) mass is 292 g/mol. The van der Waals surface area contributed by atoms with Crippen LogP contribution in [0.25, 0.3) is 0 Å². The molecule has 5 nitrogen and oxygen atoms in total. The predicted molar refractivity (Wildman–Crippen MR) is 83.5 cm³/mol. The third-order valence-corrected chi connectivity index (χ3v) is 3.20. The summed E-state index contributed by atoms with van der Waals surface area (Å²) in [6, 6.07) is 5.42. The zero-order valence-electron chi connectivity index (χ0n) is 12.9. The molecule has 0 saturated carbocycles. The Hall–Kier alpha value is -2.01. The molecular weight excluding hydrogens is 268 g/mol. The highest BCUT2D eigenvalue weighted by molar-refractivity contribution is 5.75. The number of nitrogens with zero attached hydrogens (tertiary/aromatic N) is 1. The van der Waals surface area contributed by atoms with Crippen molar-refractivity contribution in [2.45, 2.75) is 19.9 Å². The van der Waals surface area contributed by atoms with Gasteiger partial charge in [-0.15, -0.1) is 6.58 Å². The molecule has 0 heterocycles. The molecule has 0 aliphatic rings. The van der Waals surface area contributed by atoms with Gasteiger partial charge in [-0.25, -0.2) is 4.79 Å². The molecule has 0 fully saturated rings. The van der Waals surface area contributed by atoms with Gasteiger partial charge >= 0.3 is 6.03 Å². The topological polar surface area (TPSA) is 61.8 Å². The van der Waals surface area contributed by atoms with Crippen LogP contribution < -0.4 is 10.1 Å². The number of carbonyl (C=O) groups is 1. The van der Waals surface area contributed by atoms with E-state index < -0.39 is 0 Å². The molecule has 0 aliphatic carbocycles. The lowest BCUT2D eigenvalue weighted by molar-refractivity contribution is 0.181. The van der Waals surface area contributed by atoms with E-state index in [1.807, 2.05) is 32.0 Å². The molecule has 1 aromatic carbocycles. The molecule has 0 aliphatic heterocycles. The first-order valence-electron chi connectivity index (χ1n) is 6.95. The van der Waals surface area contributed by atoms with Gasteiger partial charge in [0.15, 0.2) is 0 Å². The van der Waals surface area contributed by atoms with Crippen LogP contribution in [0.1, 0.15) is 24.1 Å². The van der Waals surface area contributed by atoms with Gasteiger partial charge in [0, 0.05) is 18.7 Å². The van der Waals surface area contributed by atoms with E-state index >= 15 is 0 Å². The van der Waals surface area contributed by atoms with Gasteiger partial charge in [-0.2, -0.15) is 0 Å². The largest absolute Gasteiger partial charge is 0.496 e. The summed E-state index contributed by atoms with van der Waals surface area (Å²) in [4.78, 5) is 13.7. The van der Waals surface area contributed by atoms with Crippen LogP contribution in [0.2, 0.25) is 0 Å². The minimum atomic E-state index is -0.236. The lowest BCUT2D eigenvalue weighted by atomic mass is 10.0. The Morgan fingerprint density at radius 2 is 2.29 bits per heavy atom. The first-order chi connectivity index (χ1) is 10.0. The normalized spacial score (nSPS) is 11.6. The maximum atomic E-state index is 12.2. The van der Waals surface area contributed by atoms with E-state index in [9.17, 15) is 4.79 Å². The molecule has 0 aromatic heterocycles. The second kappa shape index (κ2) is 8.32. The van der Waals surface area contributed by atoms with Crippen LogP contribution in [-0.2, 0) is 0 Å². The van der Waals surface area contributed by atoms with Crippen LogP contribution in [0.3, 0.4) is 0 Å². The van der Waals surface area contributed by atoms with E-state index in [0.717, 1.165) is 16.9 Å². The van der Waals surface area contributed by atoms with Gasteiger partial charge in [-0.05, 0) is 19.9 Å². The fraction of sp³-hybridized carbons (Fsp3) is 0.438. The number of hydrogen-bond acceptors (Lipinski definition) is 3. The first kappa shape index (κ1) is 17.0. The first-order valence-corrected chi connectivity index (χ1v) is 6.95. The quantitative estimate of drug-likeness (QED) is 0.758. The molecule has 116 valence electrons. The molecule has 1 unspecified atom stereocenters. The molecule has 0 radical (unpaired) electrons. The summed E-state index contributed by atoms with van der Waals surface area (Å²) in [5.74, 6) is 0.742. The molecule has 1 aromatic rings. The van der Waals surface area contributed by atoms with Crippen LogP contribution in [-0.4, -0.2) is 42.8 Å². The predicted octanol–water partition coefficient (Wildman–Crippen LogP) is 2.25. The highest BCUT2D eigenvalue weighted by Crippen LogP contribution is 2.26. The highest BCUT2D eigenvalue weighted by Gasteiger charge is 2.17. The van der Waals surface area contributed by atoms with E-state index in [-0.39, 0.29) is 25.2 Å². The van der Waals surface area contributed by atoms with Crippen LogP contribution in [0.15, 0.2) is 30.9 Å². The summed E-state index contributed by atoms with van der Waals surface area (Å²) in [6.07, 6.45) is 1.63. The maximum Gasteiger partial charge on any atom is 0.318 e. The average Bonchev–Trinajstić information content (AvgIpc) is 2.46. The second-order valence-electron chi connectivity index (χ2n) is 4.87. The minimum Gasteiger partial charge on any atom is -0.496 e. The smallest absolute Gasteiger partial charge is 0.318 e. The summed E-state index contributed by atoms with van der Waals surface area (Å²) in [7, 11) is 1.61. The molecule has 2 amide bonds. The minimum absolute atomic E-state index is 0.0800. The molecule has 2 N–H and O–H groups in total. The number of methoxy groups -OCH3 is 1. The van der Waals surface area contributed by atoms with Gasteiger partial charge < -0.3 is 20.1 Å². The number of benzene rings is 1. The van der Waals surface area contributed by atoms with Crippen molar-refractivity contribution < 1.29 is 14.6 Å². The van der Waals surface area contributed by atoms with E-state index in [2.05, 4.69) is 11.9 Å². The Morgan fingerprint density at radius 3 is 2.86 bits per heavy atom. The number of amides is 2. The Balaban J connectivity index is 2.84. The molecule has 0 saturated heterocycles. The lowest BCUT2D eigenvalue weighted by Crippen LogP contribution is -2.42. The summed E-state index contributed by atoms with van der Waals surface area (Å²) in [5, 5.41) is 11.9. The number of aliphatic hydroxyl groups is 1. The Morgan fingerprint density at radius 1 is 1.57 bits per heavy atom. The number of aryl methyl sites for hydroxylation is 1. The second-order valence-corrected chi connectivity index (χ2v) is 4.87. The fourth-order valence-corrected chi connectivity index (χ4v) is 2.10. The number of ether oxygens (including phenoxy) is 1. The van der Waals surface area contributed by atoms with Crippen molar-refractivity contribution in [2.24, 2.45) is 0 Å². The molecule has 5 heteroatoms. The molecule has 1 rings (SSSR count). The van der Waals surface area contributed by atoms with Crippen LogP contribution in [0.4, 0.5) is 4.79 Å². The van der Waals surface area contributed by atoms with Crippen molar-refractivity contribution in [1.29, 1.82) is 0 Å². The van der Waals surface area contributed by atoms with Crippen LogP contribution in [0.5, 0.6) is 5.75 Å². The number of nitrogens with one attached hydrogen (secondary N) is 1. The van der Waals surface area contributed by atoms with Gasteiger partial charge in [0.25, 0.3) is 0 Å². The van der Waals surface area contributed by atoms with Gasteiger partial charge in [0.1, 0.15) is 5.75 Å². The summed E-state index contributed by atoms with van der Waals surface area (Å²) in [5.41, 5.74) is 2.03. The number of aliphatic hydroxyl groups excluding tert-OH is 1. The third-order valence-electron chi connectivity index (χ3n) is 3.20. The van der Waals surface area contributed by atoms with Gasteiger partial charge in [0.2, 0.25) is 0 Å². The van der Waals surface area contributed by atoms with Crippen molar-refractivity contribution in [3.05, 3.63) is 42.0 Å². The van der Waals surface area contributed by atoms with Gasteiger partial charge in [0.05, 0.1) is 19.8 Å². The fourth-order valence-electron chi connectivity index (χ4n) is 2.10. The van der Waals surface area contributed by atoms with E-state index in [4.69, 9.17) is 9.84 Å². The van der Waals surface area contributed by atoms with Crippen molar-refractivity contribution in [3.63, 3.8) is 0 Å². The molecule has 21 heavy (non-hydrogen) atoms. The zero-order chi connectivity index (χ0) is 15.8.